The summed E-state index contributed by atoms with van der Waals surface area (Å²) in [5.41, 5.74) is 0.962. The smallest absolute Gasteiger partial charge is 0.338 e. The highest BCUT2D eigenvalue weighted by atomic mass is 32.1. The quantitative estimate of drug-likeness (QED) is 0.810. The molecule has 1 aromatic carbocycles. The highest BCUT2D eigenvalue weighted by molar-refractivity contribution is 7.11. The minimum atomic E-state index is -1.07. The van der Waals surface area contributed by atoms with Gasteiger partial charge in [-0.15, -0.1) is 11.3 Å². The third-order valence-electron chi connectivity index (χ3n) is 2.80. The van der Waals surface area contributed by atoms with Gasteiger partial charge < -0.3 is 15.7 Å². The van der Waals surface area contributed by atoms with Gasteiger partial charge in [0.2, 0.25) is 0 Å². The van der Waals surface area contributed by atoms with E-state index in [9.17, 15) is 14.7 Å². The van der Waals surface area contributed by atoms with Gasteiger partial charge in [-0.25, -0.2) is 14.6 Å². The van der Waals surface area contributed by atoms with E-state index in [1.165, 1.54) is 11.3 Å². The Morgan fingerprint density at radius 1 is 1.33 bits per heavy atom. The molecular formula is C14H15N3O3S. The molecule has 0 aliphatic heterocycles. The van der Waals surface area contributed by atoms with Gasteiger partial charge in [-0.05, 0) is 25.5 Å². The molecule has 0 saturated heterocycles. The predicted molar refractivity (Wildman–Crippen MR) is 80.8 cm³/mol. The zero-order valence-corrected chi connectivity index (χ0v) is 12.5. The van der Waals surface area contributed by atoms with Gasteiger partial charge in [0.1, 0.15) is 5.01 Å². The lowest BCUT2D eigenvalue weighted by atomic mass is 10.1. The minimum absolute atomic E-state index is 0.0951. The van der Waals surface area contributed by atoms with Gasteiger partial charge in [0, 0.05) is 11.1 Å². The summed E-state index contributed by atoms with van der Waals surface area (Å²) in [6.07, 6.45) is 1.74. The van der Waals surface area contributed by atoms with Crippen molar-refractivity contribution in [3.05, 3.63) is 45.4 Å². The van der Waals surface area contributed by atoms with Crippen molar-refractivity contribution in [2.24, 2.45) is 0 Å². The van der Waals surface area contributed by atoms with Crippen LogP contribution in [0.15, 0.2) is 24.4 Å². The molecule has 0 spiro atoms. The molecule has 0 atom stereocenters. The maximum atomic E-state index is 11.8. The summed E-state index contributed by atoms with van der Waals surface area (Å²) in [6.45, 7) is 3.93. The predicted octanol–water partition coefficient (Wildman–Crippen LogP) is 2.78. The number of nitrogens with one attached hydrogen (secondary N) is 2. The summed E-state index contributed by atoms with van der Waals surface area (Å²) in [5.74, 6) is -1.07. The second-order valence-corrected chi connectivity index (χ2v) is 5.79. The fourth-order valence-corrected chi connectivity index (χ4v) is 2.59. The molecule has 0 bridgehead atoms. The fraction of sp³-hybridized carbons (Fsp3) is 0.214. The topological polar surface area (TPSA) is 91.3 Å². The van der Waals surface area contributed by atoms with Crippen molar-refractivity contribution in [3.8, 4) is 0 Å². The highest BCUT2D eigenvalue weighted by Gasteiger charge is 2.14. The first-order valence-corrected chi connectivity index (χ1v) is 7.08. The van der Waals surface area contributed by atoms with Crippen LogP contribution in [0.5, 0.6) is 0 Å². The van der Waals surface area contributed by atoms with E-state index < -0.39 is 12.0 Å². The van der Waals surface area contributed by atoms with E-state index in [1.807, 2.05) is 6.92 Å². The number of aromatic carboxylic acids is 1. The van der Waals surface area contributed by atoms with Gasteiger partial charge in [-0.1, -0.05) is 12.1 Å². The van der Waals surface area contributed by atoms with E-state index in [0.717, 1.165) is 9.88 Å². The molecule has 1 aromatic heterocycles. The van der Waals surface area contributed by atoms with Crippen LogP contribution in [0.4, 0.5) is 10.5 Å². The van der Waals surface area contributed by atoms with Crippen LogP contribution in [0.1, 0.15) is 25.8 Å². The lowest BCUT2D eigenvalue weighted by Gasteiger charge is -2.11. The van der Waals surface area contributed by atoms with Crippen LogP contribution in [-0.2, 0) is 6.54 Å². The fourth-order valence-electron chi connectivity index (χ4n) is 1.86. The largest absolute Gasteiger partial charge is 0.478 e. The molecule has 6 nitrogen and oxygen atoms in total. The number of thiazole rings is 1. The number of aromatic nitrogens is 1. The number of carbonyl (C=O) groups excluding carboxylic acids is 1. The molecule has 7 heteroatoms. The molecule has 0 saturated carbocycles. The second kappa shape index (κ2) is 6.36. The van der Waals surface area contributed by atoms with Crippen LogP contribution in [0.2, 0.25) is 0 Å². The first-order valence-electron chi connectivity index (χ1n) is 6.26. The van der Waals surface area contributed by atoms with Gasteiger partial charge in [0.25, 0.3) is 0 Å². The molecule has 2 aromatic rings. The Kier molecular flexibility index (Phi) is 4.54. The minimum Gasteiger partial charge on any atom is -0.478 e. The van der Waals surface area contributed by atoms with Crippen LogP contribution in [-0.4, -0.2) is 22.1 Å². The van der Waals surface area contributed by atoms with Crippen LogP contribution in [0.3, 0.4) is 0 Å². The molecule has 0 aliphatic rings. The van der Waals surface area contributed by atoms with Crippen LogP contribution in [0, 0.1) is 13.8 Å². The Morgan fingerprint density at radius 3 is 2.71 bits per heavy atom. The van der Waals surface area contributed by atoms with E-state index in [0.29, 0.717) is 12.1 Å². The van der Waals surface area contributed by atoms with Crippen molar-refractivity contribution in [2.45, 2.75) is 20.4 Å². The highest BCUT2D eigenvalue weighted by Crippen LogP contribution is 2.19. The summed E-state index contributed by atoms with van der Waals surface area (Å²) < 4.78 is 0. The molecule has 3 N–H and O–H groups in total. The number of carboxylic acid groups (broad SMARTS) is 1. The maximum absolute atomic E-state index is 11.8. The van der Waals surface area contributed by atoms with Crippen molar-refractivity contribution in [1.82, 2.24) is 10.3 Å². The Balaban J connectivity index is 2.03. The van der Waals surface area contributed by atoms with Crippen molar-refractivity contribution in [1.29, 1.82) is 0 Å². The molecule has 2 amide bonds. The Bertz CT molecular complexity index is 682. The van der Waals surface area contributed by atoms with Gasteiger partial charge >= 0.3 is 12.0 Å². The summed E-state index contributed by atoms with van der Waals surface area (Å²) in [6, 6.07) is 4.48. The standard InChI is InChI=1S/C14H15N3O3S/c1-8-4-3-5-10(12(8)13(18)19)17-14(20)16-7-11-15-6-9(2)21-11/h3-6H,7H2,1-2H3,(H,18,19)(H2,16,17,20). The number of hydrogen-bond donors (Lipinski definition) is 3. The number of amides is 2. The number of urea groups is 1. The first-order chi connectivity index (χ1) is 9.97. The number of aryl methyl sites for hydroxylation is 2. The Labute approximate surface area is 125 Å². The van der Waals surface area contributed by atoms with Crippen LogP contribution >= 0.6 is 11.3 Å². The number of hydrogen-bond acceptors (Lipinski definition) is 4. The molecule has 2 rings (SSSR count). The number of carboxylic acids is 1. The zero-order chi connectivity index (χ0) is 15.4. The molecular weight excluding hydrogens is 290 g/mol. The summed E-state index contributed by atoms with van der Waals surface area (Å²) in [7, 11) is 0. The van der Waals surface area contributed by atoms with Gasteiger partial charge in [-0.3, -0.25) is 0 Å². The molecule has 0 aliphatic carbocycles. The number of nitrogens with zero attached hydrogens (tertiary/aromatic N) is 1. The zero-order valence-electron chi connectivity index (χ0n) is 11.6. The van der Waals surface area contributed by atoms with Crippen molar-refractivity contribution >= 4 is 29.0 Å². The second-order valence-electron chi connectivity index (χ2n) is 4.47. The normalized spacial score (nSPS) is 10.2. The van der Waals surface area contributed by atoms with Crippen LogP contribution < -0.4 is 10.6 Å². The average molecular weight is 305 g/mol. The van der Waals surface area contributed by atoms with E-state index >= 15 is 0 Å². The van der Waals surface area contributed by atoms with Crippen molar-refractivity contribution in [2.75, 3.05) is 5.32 Å². The number of benzene rings is 1. The number of carbonyl (C=O) groups is 2. The SMILES string of the molecule is Cc1cnc(CNC(=O)Nc2cccc(C)c2C(=O)O)s1. The van der Waals surface area contributed by atoms with E-state index in [4.69, 9.17) is 0 Å². The first kappa shape index (κ1) is 15.0. The number of anilines is 1. The van der Waals surface area contributed by atoms with Gasteiger partial charge in [-0.2, -0.15) is 0 Å². The third kappa shape index (κ3) is 3.79. The lowest BCUT2D eigenvalue weighted by molar-refractivity contribution is 0.0697. The summed E-state index contributed by atoms with van der Waals surface area (Å²) >= 11 is 1.50. The monoisotopic (exact) mass is 305 g/mol. The van der Waals surface area contributed by atoms with E-state index in [2.05, 4.69) is 15.6 Å². The van der Waals surface area contributed by atoms with Gasteiger partial charge in [0.05, 0.1) is 17.8 Å². The molecule has 0 unspecified atom stereocenters. The van der Waals surface area contributed by atoms with Gasteiger partial charge in [0.15, 0.2) is 0 Å². The third-order valence-corrected chi connectivity index (χ3v) is 3.72. The Hall–Kier alpha value is -2.41. The van der Waals surface area contributed by atoms with E-state index in [-0.39, 0.29) is 11.3 Å². The molecule has 110 valence electrons. The lowest BCUT2D eigenvalue weighted by Crippen LogP contribution is -2.29. The molecule has 21 heavy (non-hydrogen) atoms. The van der Waals surface area contributed by atoms with Crippen molar-refractivity contribution < 1.29 is 14.7 Å². The van der Waals surface area contributed by atoms with Crippen LogP contribution in [0.25, 0.3) is 0 Å². The molecule has 0 fully saturated rings. The molecule has 1 heterocycles. The summed E-state index contributed by atoms with van der Waals surface area (Å²) in [4.78, 5) is 28.3. The Morgan fingerprint density at radius 2 is 2.10 bits per heavy atom. The summed E-state index contributed by atoms with van der Waals surface area (Å²) in [5, 5.41) is 15.2. The number of rotatable bonds is 4. The maximum Gasteiger partial charge on any atom is 0.338 e. The van der Waals surface area contributed by atoms with Crippen molar-refractivity contribution in [3.63, 3.8) is 0 Å². The average Bonchev–Trinajstić information content (AvgIpc) is 2.82. The molecule has 0 radical (unpaired) electrons. The van der Waals surface area contributed by atoms with E-state index in [1.54, 1.807) is 31.3 Å².